The van der Waals surface area contributed by atoms with E-state index in [1.807, 2.05) is 31.9 Å². The van der Waals surface area contributed by atoms with E-state index in [2.05, 4.69) is 36.9 Å². The normalized spacial score (nSPS) is 18.7. The summed E-state index contributed by atoms with van der Waals surface area (Å²) < 4.78 is 1.88. The van der Waals surface area contributed by atoms with Crippen LogP contribution in [0.25, 0.3) is 0 Å². The number of likely N-dealkylation sites (tertiary alicyclic amines) is 1. The van der Waals surface area contributed by atoms with E-state index in [-0.39, 0.29) is 0 Å². The van der Waals surface area contributed by atoms with Crippen molar-refractivity contribution < 1.29 is 0 Å². The van der Waals surface area contributed by atoms with Crippen molar-refractivity contribution in [3.8, 4) is 0 Å². The number of aromatic nitrogens is 3. The Morgan fingerprint density at radius 1 is 1.52 bits per heavy atom. The summed E-state index contributed by atoms with van der Waals surface area (Å²) in [5.41, 5.74) is 2.48. The van der Waals surface area contributed by atoms with Gasteiger partial charge in [-0.25, -0.2) is 4.98 Å². The molecule has 1 N–H and O–H groups in total. The van der Waals surface area contributed by atoms with Crippen LogP contribution in [0.3, 0.4) is 0 Å². The van der Waals surface area contributed by atoms with Gasteiger partial charge < -0.3 is 10.2 Å². The van der Waals surface area contributed by atoms with Gasteiger partial charge in [0.25, 0.3) is 0 Å². The van der Waals surface area contributed by atoms with Crippen LogP contribution >= 0.6 is 11.3 Å². The van der Waals surface area contributed by atoms with E-state index in [4.69, 9.17) is 0 Å². The third-order valence-electron chi connectivity index (χ3n) is 4.23. The van der Waals surface area contributed by atoms with Gasteiger partial charge in [-0.1, -0.05) is 0 Å². The van der Waals surface area contributed by atoms with Gasteiger partial charge >= 0.3 is 0 Å². The topological polar surface area (TPSA) is 58.3 Å². The minimum Gasteiger partial charge on any atom is -0.356 e. The Kier molecular flexibility index (Phi) is 4.95. The molecule has 7 heteroatoms. The molecule has 3 rings (SSSR count). The summed E-state index contributed by atoms with van der Waals surface area (Å²) in [5.74, 6) is 1.53. The third-order valence-corrected chi connectivity index (χ3v) is 5.05. The lowest BCUT2D eigenvalue weighted by molar-refractivity contribution is 0.486. The van der Waals surface area contributed by atoms with Crippen molar-refractivity contribution in [2.24, 2.45) is 12.0 Å². The molecule has 124 valence electrons. The maximum absolute atomic E-state index is 4.50. The molecule has 1 aliphatic heterocycles. The Bertz CT molecular complexity index is 674. The molecular formula is C16H24N6S. The smallest absolute Gasteiger partial charge is 0.193 e. The standard InChI is InChI=1S/C16H24N6S/c1-12-20-15(11-23-12)4-6-18-16(17-2)22-7-5-13(10-22)14-8-19-21(3)9-14/h8-9,11,13H,4-7,10H2,1-3H3,(H,17,18). The van der Waals surface area contributed by atoms with Gasteiger partial charge in [0.05, 0.1) is 16.9 Å². The van der Waals surface area contributed by atoms with E-state index in [1.165, 1.54) is 5.56 Å². The fourth-order valence-electron chi connectivity index (χ4n) is 3.03. The molecule has 1 aliphatic rings. The summed E-state index contributed by atoms with van der Waals surface area (Å²) in [7, 11) is 3.82. The van der Waals surface area contributed by atoms with Gasteiger partial charge in [0.15, 0.2) is 5.96 Å². The fraction of sp³-hybridized carbons (Fsp3) is 0.562. The molecule has 23 heavy (non-hydrogen) atoms. The molecule has 1 fully saturated rings. The molecule has 0 amide bonds. The third kappa shape index (κ3) is 3.90. The van der Waals surface area contributed by atoms with E-state index in [1.54, 1.807) is 11.3 Å². The lowest BCUT2D eigenvalue weighted by Crippen LogP contribution is -2.40. The number of guanidine groups is 1. The predicted molar refractivity (Wildman–Crippen MR) is 94.1 cm³/mol. The maximum Gasteiger partial charge on any atom is 0.193 e. The van der Waals surface area contributed by atoms with Crippen LogP contribution in [0.15, 0.2) is 22.8 Å². The zero-order valence-electron chi connectivity index (χ0n) is 14.0. The Morgan fingerprint density at radius 2 is 2.39 bits per heavy atom. The lowest BCUT2D eigenvalue weighted by atomic mass is 10.0. The number of hydrogen-bond donors (Lipinski definition) is 1. The van der Waals surface area contributed by atoms with E-state index < -0.39 is 0 Å². The average Bonchev–Trinajstić information content (AvgIpc) is 3.25. The van der Waals surface area contributed by atoms with Gasteiger partial charge in [-0.05, 0) is 18.9 Å². The molecule has 0 saturated carbocycles. The van der Waals surface area contributed by atoms with Crippen LogP contribution in [0.2, 0.25) is 0 Å². The highest BCUT2D eigenvalue weighted by atomic mass is 32.1. The molecule has 0 aromatic carbocycles. The van der Waals surface area contributed by atoms with Crippen molar-refractivity contribution in [3.05, 3.63) is 34.0 Å². The van der Waals surface area contributed by atoms with Crippen LogP contribution in [0.5, 0.6) is 0 Å². The second-order valence-corrected chi connectivity index (χ2v) is 7.02. The summed E-state index contributed by atoms with van der Waals surface area (Å²) in [6.45, 7) is 4.95. The number of hydrogen-bond acceptors (Lipinski definition) is 4. The highest BCUT2D eigenvalue weighted by Crippen LogP contribution is 2.26. The molecule has 0 aliphatic carbocycles. The van der Waals surface area contributed by atoms with Gasteiger partial charge in [-0.15, -0.1) is 11.3 Å². The number of nitrogens with one attached hydrogen (secondary N) is 1. The first-order valence-electron chi connectivity index (χ1n) is 8.01. The van der Waals surface area contributed by atoms with Crippen molar-refractivity contribution in [2.75, 3.05) is 26.7 Å². The monoisotopic (exact) mass is 332 g/mol. The van der Waals surface area contributed by atoms with E-state index in [0.29, 0.717) is 5.92 Å². The van der Waals surface area contributed by atoms with Crippen LogP contribution < -0.4 is 5.32 Å². The molecular weight excluding hydrogens is 308 g/mol. The van der Waals surface area contributed by atoms with Gasteiger partial charge in [0.1, 0.15) is 0 Å². The number of thiazole rings is 1. The van der Waals surface area contributed by atoms with Crippen LogP contribution in [0.1, 0.15) is 28.6 Å². The molecule has 1 atom stereocenters. The number of aliphatic imine (C=N–C) groups is 1. The van der Waals surface area contributed by atoms with Crippen LogP contribution in [-0.4, -0.2) is 52.3 Å². The molecule has 6 nitrogen and oxygen atoms in total. The van der Waals surface area contributed by atoms with Crippen molar-refractivity contribution in [2.45, 2.75) is 25.7 Å². The average molecular weight is 332 g/mol. The predicted octanol–water partition coefficient (Wildman–Crippen LogP) is 1.79. The quantitative estimate of drug-likeness (QED) is 0.685. The van der Waals surface area contributed by atoms with Crippen molar-refractivity contribution >= 4 is 17.3 Å². The highest BCUT2D eigenvalue weighted by molar-refractivity contribution is 7.09. The largest absolute Gasteiger partial charge is 0.356 e. The molecule has 1 unspecified atom stereocenters. The second kappa shape index (κ2) is 7.12. The summed E-state index contributed by atoms with van der Waals surface area (Å²) >= 11 is 1.71. The molecule has 1 saturated heterocycles. The Morgan fingerprint density at radius 3 is 3.04 bits per heavy atom. The maximum atomic E-state index is 4.50. The van der Waals surface area contributed by atoms with Crippen LogP contribution in [0, 0.1) is 6.92 Å². The Labute approximate surface area is 141 Å². The van der Waals surface area contributed by atoms with E-state index in [0.717, 1.165) is 49.1 Å². The van der Waals surface area contributed by atoms with Gasteiger partial charge in [0, 0.05) is 57.6 Å². The van der Waals surface area contributed by atoms with Gasteiger partial charge in [-0.2, -0.15) is 5.10 Å². The molecule has 3 heterocycles. The van der Waals surface area contributed by atoms with Crippen LogP contribution in [-0.2, 0) is 13.5 Å². The van der Waals surface area contributed by atoms with Gasteiger partial charge in [0.2, 0.25) is 0 Å². The fourth-order valence-corrected chi connectivity index (χ4v) is 3.68. The summed E-state index contributed by atoms with van der Waals surface area (Å²) in [5, 5.41) is 11.0. The Hall–Kier alpha value is -1.89. The first-order valence-corrected chi connectivity index (χ1v) is 8.89. The number of nitrogens with zero attached hydrogens (tertiary/aromatic N) is 5. The van der Waals surface area contributed by atoms with Crippen molar-refractivity contribution in [3.63, 3.8) is 0 Å². The zero-order chi connectivity index (χ0) is 16.2. The number of aryl methyl sites for hydroxylation is 2. The summed E-state index contributed by atoms with van der Waals surface area (Å²) in [4.78, 5) is 11.3. The van der Waals surface area contributed by atoms with Crippen molar-refractivity contribution in [1.82, 2.24) is 25.0 Å². The first kappa shape index (κ1) is 16.0. The minimum absolute atomic E-state index is 0.545. The first-order chi connectivity index (χ1) is 11.2. The molecule has 0 spiro atoms. The highest BCUT2D eigenvalue weighted by Gasteiger charge is 2.26. The van der Waals surface area contributed by atoms with Gasteiger partial charge in [-0.3, -0.25) is 9.67 Å². The number of rotatable bonds is 4. The molecule has 2 aromatic rings. The molecule has 2 aromatic heterocycles. The minimum atomic E-state index is 0.545. The molecule has 0 bridgehead atoms. The van der Waals surface area contributed by atoms with E-state index >= 15 is 0 Å². The summed E-state index contributed by atoms with van der Waals surface area (Å²) in [6.07, 6.45) is 6.19. The summed E-state index contributed by atoms with van der Waals surface area (Å²) in [6, 6.07) is 0. The lowest BCUT2D eigenvalue weighted by Gasteiger charge is -2.21. The zero-order valence-corrected chi connectivity index (χ0v) is 14.8. The molecule has 0 radical (unpaired) electrons. The SMILES string of the molecule is CN=C(NCCc1csc(C)n1)N1CCC(c2cnn(C)c2)C1. The second-order valence-electron chi connectivity index (χ2n) is 5.96. The van der Waals surface area contributed by atoms with E-state index in [9.17, 15) is 0 Å². The van der Waals surface area contributed by atoms with Crippen LogP contribution in [0.4, 0.5) is 0 Å². The van der Waals surface area contributed by atoms with Crippen molar-refractivity contribution in [1.29, 1.82) is 0 Å². The Balaban J connectivity index is 1.51.